The minimum absolute atomic E-state index is 0. The van der Waals surface area contributed by atoms with E-state index in [0.717, 1.165) is 18.1 Å². The van der Waals surface area contributed by atoms with Gasteiger partial charge >= 0.3 is 0 Å². The third-order valence-electron chi connectivity index (χ3n) is 4.40. The molecule has 1 amide bonds. The lowest BCUT2D eigenvalue weighted by atomic mass is 10.1. The van der Waals surface area contributed by atoms with E-state index >= 15 is 0 Å². The molecule has 0 radical (unpaired) electrons. The second-order valence-electron chi connectivity index (χ2n) is 6.35. The third kappa shape index (κ3) is 5.93. The van der Waals surface area contributed by atoms with Crippen molar-refractivity contribution in [2.75, 3.05) is 39.8 Å². The summed E-state index contributed by atoms with van der Waals surface area (Å²) in [4.78, 5) is 18.6. The Bertz CT molecular complexity index is 780. The highest BCUT2D eigenvalue weighted by atomic mass is 127. The maximum Gasteiger partial charge on any atom is 0.251 e. The molecular formula is C19H27IN6O2. The number of hydrogen-bond acceptors (Lipinski definition) is 4. The summed E-state index contributed by atoms with van der Waals surface area (Å²) in [5, 5.41) is 10.4. The van der Waals surface area contributed by atoms with Crippen LogP contribution in [0.3, 0.4) is 0 Å². The highest BCUT2D eigenvalue weighted by Crippen LogP contribution is 2.21. The fraction of sp³-hybridized carbons (Fsp3) is 0.421. The van der Waals surface area contributed by atoms with E-state index in [1.807, 2.05) is 37.6 Å². The zero-order chi connectivity index (χ0) is 19.1. The summed E-state index contributed by atoms with van der Waals surface area (Å²) in [5.74, 6) is 0.733. The molecule has 2 heterocycles. The van der Waals surface area contributed by atoms with E-state index in [9.17, 15) is 4.79 Å². The molecule has 1 atom stereocenters. The third-order valence-corrected chi connectivity index (χ3v) is 4.40. The van der Waals surface area contributed by atoms with E-state index in [2.05, 4.69) is 25.6 Å². The number of nitrogens with zero attached hydrogens (tertiary/aromatic N) is 4. The fourth-order valence-electron chi connectivity index (χ4n) is 3.02. The van der Waals surface area contributed by atoms with Crippen LogP contribution in [0, 0.1) is 0 Å². The lowest BCUT2D eigenvalue weighted by molar-refractivity contribution is -0.00800. The quantitative estimate of drug-likeness (QED) is 0.282. The summed E-state index contributed by atoms with van der Waals surface area (Å²) in [6, 6.07) is 9.20. The fourth-order valence-corrected chi connectivity index (χ4v) is 3.02. The molecule has 2 N–H and O–H groups in total. The molecule has 1 aliphatic rings. The summed E-state index contributed by atoms with van der Waals surface area (Å²) in [5.41, 5.74) is 1.72. The van der Waals surface area contributed by atoms with Gasteiger partial charge in [0.1, 0.15) is 6.10 Å². The summed E-state index contributed by atoms with van der Waals surface area (Å²) in [7, 11) is 3.66. The van der Waals surface area contributed by atoms with Crippen molar-refractivity contribution in [1.82, 2.24) is 25.3 Å². The minimum atomic E-state index is -0.0737. The molecule has 152 valence electrons. The lowest BCUT2D eigenvalue weighted by Gasteiger charge is -2.34. The summed E-state index contributed by atoms with van der Waals surface area (Å²) in [6.07, 6.45) is 3.79. The number of nitrogens with one attached hydrogen (secondary N) is 2. The molecule has 8 nitrogen and oxygen atoms in total. The molecule has 0 aliphatic carbocycles. The number of amides is 1. The van der Waals surface area contributed by atoms with Gasteiger partial charge in [0.2, 0.25) is 0 Å². The van der Waals surface area contributed by atoms with E-state index in [0.29, 0.717) is 31.8 Å². The predicted molar refractivity (Wildman–Crippen MR) is 119 cm³/mol. The lowest BCUT2D eigenvalue weighted by Crippen LogP contribution is -2.49. The number of carbonyl (C=O) groups excluding carboxylic acids is 1. The SMILES string of the molecule is CN=C(NCCNC(=O)c1ccccc1)N1CCOC(c2cnn(C)c2)C1.I. The van der Waals surface area contributed by atoms with Gasteiger partial charge in [0, 0.05) is 51.1 Å². The Morgan fingerprint density at radius 1 is 1.29 bits per heavy atom. The molecule has 0 spiro atoms. The van der Waals surface area contributed by atoms with Gasteiger partial charge in [-0.25, -0.2) is 0 Å². The van der Waals surface area contributed by atoms with Gasteiger partial charge in [0.25, 0.3) is 5.91 Å². The highest BCUT2D eigenvalue weighted by molar-refractivity contribution is 14.0. The second kappa shape index (κ2) is 11.0. The first-order chi connectivity index (χ1) is 13.2. The molecule has 0 bridgehead atoms. The summed E-state index contributed by atoms with van der Waals surface area (Å²) >= 11 is 0. The molecule has 0 saturated carbocycles. The Kier molecular flexibility index (Phi) is 8.71. The van der Waals surface area contributed by atoms with Crippen LogP contribution in [0.5, 0.6) is 0 Å². The Morgan fingerprint density at radius 3 is 2.71 bits per heavy atom. The average molecular weight is 498 g/mol. The molecule has 1 saturated heterocycles. The van der Waals surface area contributed by atoms with Crippen LogP contribution in [0.4, 0.5) is 0 Å². The molecular weight excluding hydrogens is 471 g/mol. The molecule has 2 aromatic rings. The number of aliphatic imine (C=N–C) groups is 1. The summed E-state index contributed by atoms with van der Waals surface area (Å²) < 4.78 is 7.65. The van der Waals surface area contributed by atoms with Crippen LogP contribution in [-0.2, 0) is 11.8 Å². The average Bonchev–Trinajstić information content (AvgIpc) is 3.15. The van der Waals surface area contributed by atoms with Crippen LogP contribution in [0.2, 0.25) is 0 Å². The molecule has 1 aromatic heterocycles. The van der Waals surface area contributed by atoms with Crippen molar-refractivity contribution in [3.8, 4) is 0 Å². The smallest absolute Gasteiger partial charge is 0.251 e. The second-order valence-corrected chi connectivity index (χ2v) is 6.35. The Balaban J connectivity index is 0.00000280. The normalized spacial score (nSPS) is 17.0. The Labute approximate surface area is 182 Å². The summed E-state index contributed by atoms with van der Waals surface area (Å²) in [6.45, 7) is 3.23. The first-order valence-corrected chi connectivity index (χ1v) is 9.06. The molecule has 1 aromatic carbocycles. The van der Waals surface area contributed by atoms with Gasteiger partial charge in [-0.1, -0.05) is 18.2 Å². The van der Waals surface area contributed by atoms with Crippen LogP contribution in [0.1, 0.15) is 22.0 Å². The molecule has 1 fully saturated rings. The number of ether oxygens (including phenoxy) is 1. The molecule has 9 heteroatoms. The van der Waals surface area contributed by atoms with Crippen LogP contribution in [0.15, 0.2) is 47.7 Å². The number of halogens is 1. The standard InChI is InChI=1S/C19H26N6O2.HI/c1-20-19(22-9-8-21-18(26)15-6-4-3-5-7-15)25-10-11-27-17(14-25)16-12-23-24(2)13-16;/h3-7,12-13,17H,8-11,14H2,1-2H3,(H,20,22)(H,21,26);1H. The monoisotopic (exact) mass is 498 g/mol. The minimum Gasteiger partial charge on any atom is -0.370 e. The highest BCUT2D eigenvalue weighted by Gasteiger charge is 2.25. The van der Waals surface area contributed by atoms with Crippen molar-refractivity contribution >= 4 is 35.8 Å². The maximum absolute atomic E-state index is 12.1. The number of benzene rings is 1. The van der Waals surface area contributed by atoms with Crippen LogP contribution in [0.25, 0.3) is 0 Å². The predicted octanol–water partition coefficient (Wildman–Crippen LogP) is 1.42. The van der Waals surface area contributed by atoms with Crippen molar-refractivity contribution in [1.29, 1.82) is 0 Å². The van der Waals surface area contributed by atoms with E-state index in [-0.39, 0.29) is 36.0 Å². The molecule has 28 heavy (non-hydrogen) atoms. The number of hydrogen-bond donors (Lipinski definition) is 2. The van der Waals surface area contributed by atoms with E-state index in [1.54, 1.807) is 23.9 Å². The number of aromatic nitrogens is 2. The Morgan fingerprint density at radius 2 is 2.04 bits per heavy atom. The van der Waals surface area contributed by atoms with Crippen molar-refractivity contribution in [2.24, 2.45) is 12.0 Å². The van der Waals surface area contributed by atoms with Crippen LogP contribution in [-0.4, -0.2) is 66.4 Å². The first-order valence-electron chi connectivity index (χ1n) is 9.06. The largest absolute Gasteiger partial charge is 0.370 e. The Hall–Kier alpha value is -2.14. The number of aryl methyl sites for hydroxylation is 1. The van der Waals surface area contributed by atoms with Gasteiger partial charge < -0.3 is 20.3 Å². The van der Waals surface area contributed by atoms with Crippen LogP contribution < -0.4 is 10.6 Å². The van der Waals surface area contributed by atoms with Gasteiger partial charge in [-0.15, -0.1) is 24.0 Å². The van der Waals surface area contributed by atoms with E-state index < -0.39 is 0 Å². The van der Waals surface area contributed by atoms with Crippen LogP contribution >= 0.6 is 24.0 Å². The van der Waals surface area contributed by atoms with Gasteiger partial charge in [0.05, 0.1) is 19.3 Å². The van der Waals surface area contributed by atoms with Gasteiger partial charge in [-0.05, 0) is 12.1 Å². The number of guanidine groups is 1. The van der Waals surface area contributed by atoms with E-state index in [1.165, 1.54) is 0 Å². The maximum atomic E-state index is 12.1. The van der Waals surface area contributed by atoms with Gasteiger partial charge in [-0.2, -0.15) is 5.10 Å². The van der Waals surface area contributed by atoms with Crippen molar-refractivity contribution < 1.29 is 9.53 Å². The van der Waals surface area contributed by atoms with E-state index in [4.69, 9.17) is 4.74 Å². The van der Waals surface area contributed by atoms with Gasteiger partial charge in [-0.3, -0.25) is 14.5 Å². The van der Waals surface area contributed by atoms with Crippen molar-refractivity contribution in [3.63, 3.8) is 0 Å². The molecule has 1 unspecified atom stereocenters. The number of carbonyl (C=O) groups is 1. The van der Waals surface area contributed by atoms with Crippen molar-refractivity contribution in [2.45, 2.75) is 6.10 Å². The molecule has 3 rings (SSSR count). The number of rotatable bonds is 5. The first kappa shape index (κ1) is 22.2. The molecule has 1 aliphatic heterocycles. The van der Waals surface area contributed by atoms with Gasteiger partial charge in [0.15, 0.2) is 5.96 Å². The zero-order valence-corrected chi connectivity index (χ0v) is 18.5. The number of morpholine rings is 1. The zero-order valence-electron chi connectivity index (χ0n) is 16.2. The van der Waals surface area contributed by atoms with Crippen molar-refractivity contribution in [3.05, 3.63) is 53.9 Å². The topological polar surface area (TPSA) is 83.8 Å².